The van der Waals surface area contributed by atoms with Gasteiger partial charge in [0, 0.05) is 29.4 Å². The average Bonchev–Trinajstić information content (AvgIpc) is 3.07. The van der Waals surface area contributed by atoms with Gasteiger partial charge in [-0.3, -0.25) is 19.9 Å². The molecule has 1 aliphatic rings. The van der Waals surface area contributed by atoms with Crippen molar-refractivity contribution in [1.82, 2.24) is 9.71 Å². The number of carbonyl (C=O) groups excluding carboxylic acids is 1. The number of hydrogen-bond donors (Lipinski definition) is 3. The maximum atomic E-state index is 12.3. The number of aromatic nitrogens is 1. The molecule has 0 saturated carbocycles. The van der Waals surface area contributed by atoms with E-state index >= 15 is 0 Å². The Bertz CT molecular complexity index is 1090. The molecule has 0 bridgehead atoms. The molecule has 2 heterocycles. The molecular weight excluding hydrogens is 388 g/mol. The first-order chi connectivity index (χ1) is 14.2. The van der Waals surface area contributed by atoms with Crippen LogP contribution in [-0.4, -0.2) is 16.6 Å². The number of rotatable bonds is 7. The number of amides is 1. The van der Waals surface area contributed by atoms with Crippen LogP contribution in [-0.2, 0) is 11.3 Å². The molecule has 1 aliphatic heterocycles. The molecular formula is C20H16N6O2S. The average molecular weight is 404 g/mol. The quantitative estimate of drug-likeness (QED) is 0.312. The third-order valence-electron chi connectivity index (χ3n) is 4.22. The Morgan fingerprint density at radius 2 is 1.90 bits per heavy atom. The molecule has 3 aromatic rings. The molecule has 3 N–H and O–H groups in total. The Balaban J connectivity index is 1.50. The number of carbonyl (C=O) groups is 1. The molecule has 29 heavy (non-hydrogen) atoms. The third kappa shape index (κ3) is 4.31. The van der Waals surface area contributed by atoms with Gasteiger partial charge in [0.1, 0.15) is 5.69 Å². The van der Waals surface area contributed by atoms with Crippen molar-refractivity contribution in [2.45, 2.75) is 11.4 Å². The highest BCUT2D eigenvalue weighted by molar-refractivity contribution is 7.97. The topological polar surface area (TPSA) is 108 Å². The first-order valence-corrected chi connectivity index (χ1v) is 9.57. The second-order valence-corrected chi connectivity index (χ2v) is 7.09. The Kier molecular flexibility index (Phi) is 5.59. The van der Waals surface area contributed by atoms with E-state index in [1.807, 2.05) is 30.3 Å². The van der Waals surface area contributed by atoms with Crippen LogP contribution in [0.3, 0.4) is 0 Å². The number of para-hydroxylation sites is 1. The monoisotopic (exact) mass is 404 g/mol. The van der Waals surface area contributed by atoms with Crippen LogP contribution in [0.5, 0.6) is 0 Å². The molecule has 0 unspecified atom stereocenters. The lowest BCUT2D eigenvalue weighted by Gasteiger charge is -2.06. The fourth-order valence-corrected chi connectivity index (χ4v) is 3.49. The number of pyridine rings is 1. The van der Waals surface area contributed by atoms with Crippen molar-refractivity contribution in [2.24, 2.45) is 10.3 Å². The molecule has 0 radical (unpaired) electrons. The Morgan fingerprint density at radius 1 is 1.07 bits per heavy atom. The standard InChI is InChI=1S/C20H16N6O2S/c27-20-19(25-24-17-3-1-2-4-18(17)26-28)15-11-14(5-6-16(15)23-20)29-22-12-13-7-9-21-10-8-13/h1-11,22,24H,12H2,(H,23,25,27). The van der Waals surface area contributed by atoms with Gasteiger partial charge in [-0.2, -0.15) is 5.10 Å². The highest BCUT2D eigenvalue weighted by Gasteiger charge is 2.26. The Labute approximate surface area is 170 Å². The van der Waals surface area contributed by atoms with E-state index in [1.54, 1.807) is 36.7 Å². The number of hydrogen-bond acceptors (Lipinski definition) is 8. The van der Waals surface area contributed by atoms with Crippen molar-refractivity contribution in [3.8, 4) is 0 Å². The molecule has 144 valence electrons. The molecule has 1 aromatic heterocycles. The molecule has 0 fully saturated rings. The van der Waals surface area contributed by atoms with E-state index in [1.165, 1.54) is 11.9 Å². The van der Waals surface area contributed by atoms with Gasteiger partial charge in [-0.1, -0.05) is 12.1 Å². The zero-order chi connectivity index (χ0) is 20.1. The van der Waals surface area contributed by atoms with Crippen LogP contribution in [0.25, 0.3) is 0 Å². The highest BCUT2D eigenvalue weighted by Crippen LogP contribution is 2.29. The summed E-state index contributed by atoms with van der Waals surface area (Å²) in [6.45, 7) is 0.680. The molecule has 8 nitrogen and oxygen atoms in total. The lowest BCUT2D eigenvalue weighted by molar-refractivity contribution is -0.110. The fraction of sp³-hybridized carbons (Fsp3) is 0.0500. The molecule has 0 spiro atoms. The van der Waals surface area contributed by atoms with Crippen molar-refractivity contribution < 1.29 is 4.79 Å². The fourth-order valence-electron chi connectivity index (χ4n) is 2.77. The van der Waals surface area contributed by atoms with Crippen LogP contribution in [0.4, 0.5) is 17.1 Å². The van der Waals surface area contributed by atoms with E-state index in [9.17, 15) is 9.70 Å². The predicted molar refractivity (Wildman–Crippen MR) is 114 cm³/mol. The van der Waals surface area contributed by atoms with Crippen molar-refractivity contribution in [3.63, 3.8) is 0 Å². The van der Waals surface area contributed by atoms with Crippen LogP contribution in [0, 0.1) is 4.91 Å². The van der Waals surface area contributed by atoms with Gasteiger partial charge >= 0.3 is 0 Å². The van der Waals surface area contributed by atoms with E-state index in [0.717, 1.165) is 10.5 Å². The van der Waals surface area contributed by atoms with Gasteiger partial charge in [0.15, 0.2) is 5.71 Å². The lowest BCUT2D eigenvalue weighted by Crippen LogP contribution is -2.15. The summed E-state index contributed by atoms with van der Waals surface area (Å²) in [6.07, 6.45) is 3.50. The van der Waals surface area contributed by atoms with Crippen molar-refractivity contribution in [2.75, 3.05) is 10.7 Å². The molecule has 0 aliphatic carbocycles. The third-order valence-corrected chi connectivity index (χ3v) is 4.99. The van der Waals surface area contributed by atoms with Crippen molar-refractivity contribution in [1.29, 1.82) is 0 Å². The summed E-state index contributed by atoms with van der Waals surface area (Å²) in [5.74, 6) is -0.309. The van der Waals surface area contributed by atoms with Gasteiger partial charge in [0.25, 0.3) is 5.91 Å². The van der Waals surface area contributed by atoms with E-state index in [2.05, 4.69) is 30.7 Å². The summed E-state index contributed by atoms with van der Waals surface area (Å²) in [5, 5.41) is 9.96. The SMILES string of the molecule is O=Nc1ccccc1N/N=C1\C(=O)Nc2ccc(SNCc3ccncc3)cc21. The van der Waals surface area contributed by atoms with Gasteiger partial charge < -0.3 is 5.32 Å². The summed E-state index contributed by atoms with van der Waals surface area (Å²) in [5.41, 5.74) is 6.17. The minimum absolute atomic E-state index is 0.222. The van der Waals surface area contributed by atoms with Crippen LogP contribution >= 0.6 is 11.9 Å². The van der Waals surface area contributed by atoms with E-state index in [0.29, 0.717) is 23.5 Å². The molecule has 0 saturated heterocycles. The molecule has 1 amide bonds. The van der Waals surface area contributed by atoms with Gasteiger partial charge in [0.05, 0.1) is 11.4 Å². The van der Waals surface area contributed by atoms with E-state index in [-0.39, 0.29) is 17.3 Å². The first-order valence-electron chi connectivity index (χ1n) is 8.75. The van der Waals surface area contributed by atoms with E-state index in [4.69, 9.17) is 0 Å². The second kappa shape index (κ2) is 8.63. The van der Waals surface area contributed by atoms with Gasteiger partial charge in [0.2, 0.25) is 0 Å². The lowest BCUT2D eigenvalue weighted by atomic mass is 10.1. The predicted octanol–water partition coefficient (Wildman–Crippen LogP) is 4.04. The number of anilines is 2. The number of nitroso groups, excluding NO2 is 1. The zero-order valence-corrected chi connectivity index (χ0v) is 15.9. The van der Waals surface area contributed by atoms with Gasteiger partial charge in [-0.05, 0) is 65.2 Å². The highest BCUT2D eigenvalue weighted by atomic mass is 32.2. The number of fused-ring (bicyclic) bond motifs is 1. The van der Waals surface area contributed by atoms with Gasteiger partial charge in [-0.25, -0.2) is 0 Å². The van der Waals surface area contributed by atoms with Crippen LogP contribution in [0.1, 0.15) is 11.1 Å². The largest absolute Gasteiger partial charge is 0.320 e. The molecule has 0 atom stereocenters. The summed E-state index contributed by atoms with van der Waals surface area (Å²) in [4.78, 5) is 28.2. The Morgan fingerprint density at radius 3 is 2.72 bits per heavy atom. The van der Waals surface area contributed by atoms with E-state index < -0.39 is 0 Å². The second-order valence-electron chi connectivity index (χ2n) is 6.12. The minimum atomic E-state index is -0.309. The first kappa shape index (κ1) is 18.8. The maximum absolute atomic E-state index is 12.3. The summed E-state index contributed by atoms with van der Waals surface area (Å²) >= 11 is 1.46. The number of benzene rings is 2. The van der Waals surface area contributed by atoms with Crippen molar-refractivity contribution >= 4 is 40.6 Å². The summed E-state index contributed by atoms with van der Waals surface area (Å²) < 4.78 is 3.29. The number of hydrazone groups is 1. The number of nitrogens with one attached hydrogen (secondary N) is 3. The van der Waals surface area contributed by atoms with Crippen molar-refractivity contribution in [3.05, 3.63) is 83.0 Å². The van der Waals surface area contributed by atoms with Crippen LogP contribution in [0.2, 0.25) is 0 Å². The Hall–Kier alpha value is -3.56. The molecule has 2 aromatic carbocycles. The normalized spacial score (nSPS) is 13.8. The summed E-state index contributed by atoms with van der Waals surface area (Å²) in [6, 6.07) is 16.2. The molecule has 9 heteroatoms. The van der Waals surface area contributed by atoms with Gasteiger partial charge in [-0.15, -0.1) is 4.91 Å². The number of nitrogens with zero attached hydrogens (tertiary/aromatic N) is 3. The molecule has 4 rings (SSSR count). The zero-order valence-electron chi connectivity index (χ0n) is 15.1. The summed E-state index contributed by atoms with van der Waals surface area (Å²) in [7, 11) is 0. The minimum Gasteiger partial charge on any atom is -0.320 e. The smallest absolute Gasteiger partial charge is 0.276 e. The maximum Gasteiger partial charge on any atom is 0.276 e. The van der Waals surface area contributed by atoms with Crippen LogP contribution < -0.4 is 15.5 Å². The van der Waals surface area contributed by atoms with Crippen LogP contribution in [0.15, 0.2) is 82.2 Å².